The van der Waals surface area contributed by atoms with Crippen LogP contribution >= 0.6 is 0 Å². The number of morpholine rings is 1. The number of hydrogen-bond acceptors (Lipinski definition) is 4. The van der Waals surface area contributed by atoms with E-state index in [-0.39, 0.29) is 6.10 Å². The zero-order valence-electron chi connectivity index (χ0n) is 9.55. The molecule has 1 aliphatic rings. The molecule has 0 radical (unpaired) electrons. The van der Waals surface area contributed by atoms with Gasteiger partial charge in [-0.15, -0.1) is 0 Å². The molecule has 2 rings (SSSR count). The molecule has 0 aromatic carbocycles. The average Bonchev–Trinajstić information content (AvgIpc) is 2.32. The first-order chi connectivity index (χ1) is 7.70. The summed E-state index contributed by atoms with van der Waals surface area (Å²) in [5, 5.41) is 8.69. The van der Waals surface area contributed by atoms with E-state index in [1.165, 1.54) is 0 Å². The van der Waals surface area contributed by atoms with Crippen molar-refractivity contribution in [2.24, 2.45) is 0 Å². The summed E-state index contributed by atoms with van der Waals surface area (Å²) >= 11 is 0. The van der Waals surface area contributed by atoms with Crippen molar-refractivity contribution < 1.29 is 4.74 Å². The Morgan fingerprint density at radius 1 is 1.50 bits per heavy atom. The van der Waals surface area contributed by atoms with Crippen LogP contribution < -0.4 is 4.90 Å². The van der Waals surface area contributed by atoms with Crippen molar-refractivity contribution in [3.8, 4) is 6.07 Å². The van der Waals surface area contributed by atoms with Crippen LogP contribution in [0.2, 0.25) is 0 Å². The van der Waals surface area contributed by atoms with Crippen LogP contribution in [0, 0.1) is 11.3 Å². The van der Waals surface area contributed by atoms with Gasteiger partial charge in [0.2, 0.25) is 0 Å². The molecule has 1 saturated heterocycles. The Morgan fingerprint density at radius 2 is 2.31 bits per heavy atom. The quantitative estimate of drug-likeness (QED) is 0.716. The van der Waals surface area contributed by atoms with Gasteiger partial charge in [0.1, 0.15) is 11.8 Å². The van der Waals surface area contributed by atoms with E-state index in [4.69, 9.17) is 10.00 Å². The van der Waals surface area contributed by atoms with Crippen LogP contribution in [0.25, 0.3) is 0 Å². The van der Waals surface area contributed by atoms with E-state index in [1.54, 1.807) is 12.3 Å². The third-order valence-electron chi connectivity index (χ3n) is 2.80. The van der Waals surface area contributed by atoms with Gasteiger partial charge in [-0.05, 0) is 26.0 Å². The molecule has 2 atom stereocenters. The molecule has 0 bridgehead atoms. The Morgan fingerprint density at radius 3 is 2.94 bits per heavy atom. The van der Waals surface area contributed by atoms with E-state index in [9.17, 15) is 0 Å². The molecular formula is C12H15N3O. The minimum Gasteiger partial charge on any atom is -0.375 e. The molecule has 2 heterocycles. The van der Waals surface area contributed by atoms with Gasteiger partial charge in [0.25, 0.3) is 0 Å². The fourth-order valence-electron chi connectivity index (χ4n) is 1.89. The fraction of sp³-hybridized carbons (Fsp3) is 0.500. The van der Waals surface area contributed by atoms with Gasteiger partial charge in [-0.25, -0.2) is 4.98 Å². The molecule has 16 heavy (non-hydrogen) atoms. The third kappa shape index (κ3) is 2.15. The molecule has 0 amide bonds. The molecule has 1 aromatic heterocycles. The average molecular weight is 217 g/mol. The Bertz CT molecular complexity index is 396. The van der Waals surface area contributed by atoms with Crippen LogP contribution in [0.1, 0.15) is 19.5 Å². The molecule has 1 fully saturated rings. The Hall–Kier alpha value is -1.60. The van der Waals surface area contributed by atoms with Gasteiger partial charge in [-0.1, -0.05) is 0 Å². The number of nitriles is 1. The lowest BCUT2D eigenvalue weighted by atomic mass is 10.2. The van der Waals surface area contributed by atoms with E-state index in [2.05, 4.69) is 23.7 Å². The second-order valence-corrected chi connectivity index (χ2v) is 4.16. The predicted molar refractivity (Wildman–Crippen MR) is 61.2 cm³/mol. The van der Waals surface area contributed by atoms with E-state index in [0.717, 1.165) is 18.8 Å². The van der Waals surface area contributed by atoms with Crippen molar-refractivity contribution in [2.45, 2.75) is 26.0 Å². The maximum absolute atomic E-state index is 8.69. The Labute approximate surface area is 95.5 Å². The van der Waals surface area contributed by atoms with Gasteiger partial charge in [-0.2, -0.15) is 5.26 Å². The monoisotopic (exact) mass is 217 g/mol. The fourth-order valence-corrected chi connectivity index (χ4v) is 1.89. The van der Waals surface area contributed by atoms with E-state index >= 15 is 0 Å². The summed E-state index contributed by atoms with van der Waals surface area (Å²) < 4.78 is 5.57. The topological polar surface area (TPSA) is 49.2 Å². The lowest BCUT2D eigenvalue weighted by Gasteiger charge is -2.38. The molecule has 1 aromatic rings. The Kier molecular flexibility index (Phi) is 3.07. The van der Waals surface area contributed by atoms with E-state index in [0.29, 0.717) is 11.7 Å². The van der Waals surface area contributed by atoms with Crippen molar-refractivity contribution >= 4 is 5.69 Å². The highest BCUT2D eigenvalue weighted by molar-refractivity contribution is 5.47. The van der Waals surface area contributed by atoms with Gasteiger partial charge in [0, 0.05) is 12.6 Å². The molecule has 0 N–H and O–H groups in total. The van der Waals surface area contributed by atoms with Crippen LogP contribution in [0.5, 0.6) is 0 Å². The molecule has 84 valence electrons. The van der Waals surface area contributed by atoms with Gasteiger partial charge in [0.15, 0.2) is 0 Å². The first-order valence-corrected chi connectivity index (χ1v) is 5.45. The van der Waals surface area contributed by atoms with Gasteiger partial charge >= 0.3 is 0 Å². The summed E-state index contributed by atoms with van der Waals surface area (Å²) in [5.74, 6) is 0. The smallest absolute Gasteiger partial charge is 0.140 e. The van der Waals surface area contributed by atoms with E-state index in [1.807, 2.05) is 12.1 Å². The number of anilines is 1. The zero-order valence-corrected chi connectivity index (χ0v) is 9.55. The van der Waals surface area contributed by atoms with Crippen molar-refractivity contribution in [3.05, 3.63) is 24.0 Å². The second kappa shape index (κ2) is 4.50. The number of rotatable bonds is 1. The normalized spacial score (nSPS) is 25.2. The molecule has 0 aliphatic carbocycles. The van der Waals surface area contributed by atoms with Crippen molar-refractivity contribution in [3.63, 3.8) is 0 Å². The summed E-state index contributed by atoms with van der Waals surface area (Å²) in [6, 6.07) is 6.07. The minimum absolute atomic E-state index is 0.242. The Balaban J connectivity index is 2.18. The standard InChI is InChI=1S/C12H15N3O/c1-9-8-16-10(2)7-15(9)12-4-3-11(5-13)14-6-12/h3-4,6,9-10H,7-8H2,1-2H3. The highest BCUT2D eigenvalue weighted by Gasteiger charge is 2.23. The first kappa shape index (κ1) is 10.9. The predicted octanol–water partition coefficient (Wildman–Crippen LogP) is 1.57. The highest BCUT2D eigenvalue weighted by atomic mass is 16.5. The summed E-state index contributed by atoms with van der Waals surface area (Å²) in [6.07, 6.45) is 2.00. The summed E-state index contributed by atoms with van der Waals surface area (Å²) in [4.78, 5) is 6.35. The molecule has 2 unspecified atom stereocenters. The third-order valence-corrected chi connectivity index (χ3v) is 2.80. The van der Waals surface area contributed by atoms with Gasteiger partial charge < -0.3 is 9.64 Å². The van der Waals surface area contributed by atoms with E-state index < -0.39 is 0 Å². The van der Waals surface area contributed by atoms with Crippen LogP contribution in [-0.4, -0.2) is 30.3 Å². The number of ether oxygens (including phenoxy) is 1. The molecule has 0 saturated carbocycles. The number of nitrogens with zero attached hydrogens (tertiary/aromatic N) is 3. The SMILES string of the molecule is CC1CN(c2ccc(C#N)nc2)C(C)CO1. The number of hydrogen-bond donors (Lipinski definition) is 0. The van der Waals surface area contributed by atoms with Crippen LogP contribution in [0.15, 0.2) is 18.3 Å². The maximum atomic E-state index is 8.69. The lowest BCUT2D eigenvalue weighted by molar-refractivity contribution is 0.0343. The summed E-state index contributed by atoms with van der Waals surface area (Å²) in [7, 11) is 0. The first-order valence-electron chi connectivity index (χ1n) is 5.45. The lowest BCUT2D eigenvalue weighted by Crippen LogP contribution is -2.47. The van der Waals surface area contributed by atoms with Crippen LogP contribution in [0.3, 0.4) is 0 Å². The second-order valence-electron chi connectivity index (χ2n) is 4.16. The maximum Gasteiger partial charge on any atom is 0.140 e. The molecule has 0 spiro atoms. The van der Waals surface area contributed by atoms with Crippen LogP contribution in [-0.2, 0) is 4.74 Å². The molecule has 1 aliphatic heterocycles. The zero-order chi connectivity index (χ0) is 11.5. The molecular weight excluding hydrogens is 202 g/mol. The summed E-state index contributed by atoms with van der Waals surface area (Å²) in [5.41, 5.74) is 1.51. The van der Waals surface area contributed by atoms with Gasteiger partial charge in [-0.3, -0.25) is 0 Å². The minimum atomic E-state index is 0.242. The highest BCUT2D eigenvalue weighted by Crippen LogP contribution is 2.20. The van der Waals surface area contributed by atoms with Crippen molar-refractivity contribution in [2.75, 3.05) is 18.1 Å². The van der Waals surface area contributed by atoms with Crippen LogP contribution in [0.4, 0.5) is 5.69 Å². The van der Waals surface area contributed by atoms with Gasteiger partial charge in [0.05, 0.1) is 24.6 Å². The van der Waals surface area contributed by atoms with Crippen molar-refractivity contribution in [1.82, 2.24) is 4.98 Å². The number of aromatic nitrogens is 1. The number of pyridine rings is 1. The summed E-state index contributed by atoms with van der Waals surface area (Å²) in [6.45, 7) is 5.80. The largest absolute Gasteiger partial charge is 0.375 e. The molecule has 4 nitrogen and oxygen atoms in total. The molecule has 4 heteroatoms. The van der Waals surface area contributed by atoms with Crippen molar-refractivity contribution in [1.29, 1.82) is 5.26 Å².